The topological polar surface area (TPSA) is 34.1 Å². The van der Waals surface area contributed by atoms with Gasteiger partial charge in [-0.15, -0.1) is 0 Å². The lowest BCUT2D eigenvalue weighted by molar-refractivity contribution is 0.678. The van der Waals surface area contributed by atoms with E-state index in [1.165, 1.54) is 0 Å². The van der Waals surface area contributed by atoms with E-state index in [4.69, 9.17) is 0 Å². The van der Waals surface area contributed by atoms with Gasteiger partial charge in [0, 0.05) is 21.3 Å². The number of rotatable bonds is 5. The summed E-state index contributed by atoms with van der Waals surface area (Å²) in [5, 5.41) is 0. The Morgan fingerprint density at radius 1 is 0.611 bits per heavy atom. The summed E-state index contributed by atoms with van der Waals surface area (Å²) in [7, 11) is -2.14. The third kappa shape index (κ3) is 3.62. The predicted molar refractivity (Wildman–Crippen MR) is 75.4 cm³/mol. The highest BCUT2D eigenvalue weighted by atomic mass is 32.2. The fourth-order valence-electron chi connectivity index (χ4n) is 1.53. The smallest absolute Gasteiger partial charge is 0.0538 e. The molecule has 0 N–H and O–H groups in total. The van der Waals surface area contributed by atoms with Gasteiger partial charge in [-0.1, -0.05) is 36.4 Å². The molecular formula is C14H14O2S2. The summed E-state index contributed by atoms with van der Waals surface area (Å²) in [4.78, 5) is 1.59. The van der Waals surface area contributed by atoms with E-state index >= 15 is 0 Å². The maximum Gasteiger partial charge on any atom is 0.0538 e. The van der Waals surface area contributed by atoms with E-state index in [0.717, 1.165) is 9.79 Å². The van der Waals surface area contributed by atoms with Crippen molar-refractivity contribution in [3.05, 3.63) is 60.7 Å². The third-order valence-corrected chi connectivity index (χ3v) is 5.47. The van der Waals surface area contributed by atoms with Crippen LogP contribution in [0.2, 0.25) is 0 Å². The molecule has 0 heterocycles. The molecule has 0 saturated carbocycles. The average Bonchev–Trinajstić information content (AvgIpc) is 2.46. The van der Waals surface area contributed by atoms with Crippen LogP contribution in [0.5, 0.6) is 0 Å². The van der Waals surface area contributed by atoms with E-state index in [9.17, 15) is 8.42 Å². The lowest BCUT2D eigenvalue weighted by Gasteiger charge is -2.03. The van der Waals surface area contributed by atoms with E-state index in [-0.39, 0.29) is 0 Å². The highest BCUT2D eigenvalue weighted by molar-refractivity contribution is 7.88. The van der Waals surface area contributed by atoms with Gasteiger partial charge in [-0.2, -0.15) is 0 Å². The molecule has 0 amide bonds. The Bertz CT molecular complexity index is 487. The van der Waals surface area contributed by atoms with Crippen molar-refractivity contribution in [1.82, 2.24) is 0 Å². The van der Waals surface area contributed by atoms with Crippen LogP contribution in [-0.2, 0) is 21.6 Å². The van der Waals surface area contributed by atoms with Gasteiger partial charge in [0.15, 0.2) is 0 Å². The van der Waals surface area contributed by atoms with Crippen molar-refractivity contribution in [2.45, 2.75) is 9.79 Å². The van der Waals surface area contributed by atoms with Crippen molar-refractivity contribution in [1.29, 1.82) is 0 Å². The Labute approximate surface area is 112 Å². The Hall–Kier alpha value is -1.26. The first-order valence-electron chi connectivity index (χ1n) is 5.64. The van der Waals surface area contributed by atoms with Crippen LogP contribution in [-0.4, -0.2) is 19.9 Å². The van der Waals surface area contributed by atoms with Gasteiger partial charge in [0.2, 0.25) is 0 Å². The highest BCUT2D eigenvalue weighted by Gasteiger charge is 2.07. The highest BCUT2D eigenvalue weighted by Crippen LogP contribution is 2.09. The molecule has 2 aromatic rings. The molecule has 0 aromatic heterocycles. The summed E-state index contributed by atoms with van der Waals surface area (Å²) in [5.74, 6) is 0.844. The summed E-state index contributed by atoms with van der Waals surface area (Å²) in [6.07, 6.45) is 0. The number of hydrogen-bond donors (Lipinski definition) is 0. The summed E-state index contributed by atoms with van der Waals surface area (Å²) < 4.78 is 23.9. The molecule has 18 heavy (non-hydrogen) atoms. The van der Waals surface area contributed by atoms with Crippen molar-refractivity contribution < 1.29 is 8.42 Å². The second-order valence-corrected chi connectivity index (χ2v) is 6.87. The van der Waals surface area contributed by atoms with Crippen LogP contribution < -0.4 is 0 Å². The standard InChI is InChI=1S/C14H14O2S2/c15-17(13-7-3-1-4-8-13)11-12-18(16)14-9-5-2-6-10-14/h1-10H,11-12H2/t17-,18-/m0/s1. The fraction of sp³-hybridized carbons (Fsp3) is 0.143. The van der Waals surface area contributed by atoms with Gasteiger partial charge in [-0.05, 0) is 24.3 Å². The Balaban J connectivity index is 1.93. The number of benzene rings is 2. The molecule has 94 valence electrons. The van der Waals surface area contributed by atoms with Crippen LogP contribution in [0, 0.1) is 0 Å². The molecule has 0 bridgehead atoms. The van der Waals surface area contributed by atoms with E-state index in [1.807, 2.05) is 60.7 Å². The van der Waals surface area contributed by atoms with Crippen LogP contribution in [0.1, 0.15) is 0 Å². The van der Waals surface area contributed by atoms with Crippen molar-refractivity contribution in [2.24, 2.45) is 0 Å². The molecule has 0 aliphatic heterocycles. The molecule has 0 aliphatic rings. The van der Waals surface area contributed by atoms with Gasteiger partial charge in [-0.25, -0.2) is 0 Å². The van der Waals surface area contributed by atoms with Crippen LogP contribution in [0.15, 0.2) is 70.5 Å². The summed E-state index contributed by atoms with van der Waals surface area (Å²) in [5.41, 5.74) is 0. The molecule has 0 fully saturated rings. The van der Waals surface area contributed by atoms with Crippen LogP contribution in [0.3, 0.4) is 0 Å². The monoisotopic (exact) mass is 278 g/mol. The minimum Gasteiger partial charge on any atom is -0.254 e. The average molecular weight is 278 g/mol. The quantitative estimate of drug-likeness (QED) is 0.842. The molecular weight excluding hydrogens is 264 g/mol. The van der Waals surface area contributed by atoms with E-state index < -0.39 is 21.6 Å². The minimum atomic E-state index is -1.07. The van der Waals surface area contributed by atoms with Crippen molar-refractivity contribution in [3.63, 3.8) is 0 Å². The maximum absolute atomic E-state index is 12.0. The first-order chi connectivity index (χ1) is 8.77. The van der Waals surface area contributed by atoms with Gasteiger partial charge in [0.25, 0.3) is 0 Å². The molecule has 0 aliphatic carbocycles. The first kappa shape index (κ1) is 13.2. The lowest BCUT2D eigenvalue weighted by atomic mass is 10.4. The lowest BCUT2D eigenvalue weighted by Crippen LogP contribution is -2.08. The molecule has 2 aromatic carbocycles. The minimum absolute atomic E-state index is 0.422. The maximum atomic E-state index is 12.0. The summed E-state index contributed by atoms with van der Waals surface area (Å²) in [6.45, 7) is 0. The fourth-order valence-corrected chi connectivity index (χ4v) is 4.14. The SMILES string of the molecule is O=[S@@](CC[S@](=O)c1ccccc1)c1ccccc1. The Kier molecular flexibility index (Phi) is 4.84. The van der Waals surface area contributed by atoms with Crippen LogP contribution >= 0.6 is 0 Å². The largest absolute Gasteiger partial charge is 0.254 e. The predicted octanol–water partition coefficient (Wildman–Crippen LogP) is 2.60. The van der Waals surface area contributed by atoms with Crippen LogP contribution in [0.25, 0.3) is 0 Å². The van der Waals surface area contributed by atoms with Gasteiger partial charge in [-0.3, -0.25) is 8.42 Å². The zero-order chi connectivity index (χ0) is 12.8. The number of hydrogen-bond acceptors (Lipinski definition) is 2. The summed E-state index contributed by atoms with van der Waals surface area (Å²) in [6, 6.07) is 18.6. The van der Waals surface area contributed by atoms with Gasteiger partial charge in [0.05, 0.1) is 21.6 Å². The molecule has 0 spiro atoms. The molecule has 2 atom stereocenters. The zero-order valence-corrected chi connectivity index (χ0v) is 11.5. The summed E-state index contributed by atoms with van der Waals surface area (Å²) >= 11 is 0. The zero-order valence-electron chi connectivity index (χ0n) is 9.82. The van der Waals surface area contributed by atoms with Crippen LogP contribution in [0.4, 0.5) is 0 Å². The second-order valence-electron chi connectivity index (χ2n) is 3.73. The van der Waals surface area contributed by atoms with E-state index in [2.05, 4.69) is 0 Å². The van der Waals surface area contributed by atoms with E-state index in [1.54, 1.807) is 0 Å². The molecule has 4 heteroatoms. The molecule has 0 unspecified atom stereocenters. The molecule has 0 saturated heterocycles. The normalized spacial score (nSPS) is 14.0. The first-order valence-corrected chi connectivity index (χ1v) is 8.28. The van der Waals surface area contributed by atoms with Gasteiger partial charge >= 0.3 is 0 Å². The Morgan fingerprint density at radius 3 is 1.28 bits per heavy atom. The third-order valence-electron chi connectivity index (χ3n) is 2.47. The molecule has 0 radical (unpaired) electrons. The molecule has 2 rings (SSSR count). The van der Waals surface area contributed by atoms with Crippen molar-refractivity contribution in [3.8, 4) is 0 Å². The second kappa shape index (κ2) is 6.61. The van der Waals surface area contributed by atoms with E-state index in [0.29, 0.717) is 11.5 Å². The van der Waals surface area contributed by atoms with Crippen molar-refractivity contribution >= 4 is 21.6 Å². The Morgan fingerprint density at radius 2 is 0.944 bits per heavy atom. The van der Waals surface area contributed by atoms with Crippen molar-refractivity contribution in [2.75, 3.05) is 11.5 Å². The van der Waals surface area contributed by atoms with Gasteiger partial charge < -0.3 is 0 Å². The molecule has 2 nitrogen and oxygen atoms in total. The van der Waals surface area contributed by atoms with Gasteiger partial charge in [0.1, 0.15) is 0 Å².